The van der Waals surface area contributed by atoms with Crippen molar-refractivity contribution >= 4 is 6.09 Å². The molecule has 74 valence electrons. The van der Waals surface area contributed by atoms with Crippen molar-refractivity contribution in [3.63, 3.8) is 0 Å². The maximum Gasteiger partial charge on any atom is 0.405 e. The highest BCUT2D eigenvalue weighted by molar-refractivity contribution is 5.65. The molecule has 0 fully saturated rings. The van der Waals surface area contributed by atoms with Crippen LogP contribution in [0.4, 0.5) is 4.79 Å². The molecule has 2 atom stereocenters. The Balaban J connectivity index is 2.44. The van der Waals surface area contributed by atoms with E-state index in [1.807, 2.05) is 0 Å². The van der Waals surface area contributed by atoms with Gasteiger partial charge in [0, 0.05) is 0 Å². The minimum atomic E-state index is -0.799. The van der Waals surface area contributed by atoms with Crippen molar-refractivity contribution in [2.45, 2.75) is 19.3 Å². The van der Waals surface area contributed by atoms with Gasteiger partial charge in [-0.25, -0.2) is 4.79 Å². The molecule has 2 N–H and O–H groups in total. The molecular formula is C8H13NO4. The maximum absolute atomic E-state index is 10.4. The van der Waals surface area contributed by atoms with Crippen LogP contribution in [0, 0.1) is 0 Å². The molecule has 0 aliphatic carbocycles. The summed E-state index contributed by atoms with van der Waals surface area (Å²) in [5.41, 5.74) is 4.87. The molecule has 5 nitrogen and oxygen atoms in total. The first-order valence-electron chi connectivity index (χ1n) is 4.04. The van der Waals surface area contributed by atoms with E-state index in [9.17, 15) is 4.79 Å². The molecule has 0 saturated carbocycles. The summed E-state index contributed by atoms with van der Waals surface area (Å²) in [6, 6.07) is 0. The van der Waals surface area contributed by atoms with E-state index in [2.05, 4.69) is 0 Å². The quantitative estimate of drug-likeness (QED) is 0.603. The van der Waals surface area contributed by atoms with Gasteiger partial charge in [-0.05, 0) is 13.0 Å². The molecule has 1 aliphatic heterocycles. The zero-order valence-corrected chi connectivity index (χ0v) is 7.43. The fourth-order valence-electron chi connectivity index (χ4n) is 0.955. The molecule has 0 saturated heterocycles. The summed E-state index contributed by atoms with van der Waals surface area (Å²) in [7, 11) is 0. The highest BCUT2D eigenvalue weighted by atomic mass is 16.7. The van der Waals surface area contributed by atoms with E-state index in [0.717, 1.165) is 0 Å². The number of hydrogen-bond donors (Lipinski definition) is 1. The van der Waals surface area contributed by atoms with Gasteiger partial charge in [-0.15, -0.1) is 0 Å². The molecule has 1 aliphatic rings. The zero-order chi connectivity index (χ0) is 9.68. The lowest BCUT2D eigenvalue weighted by atomic mass is 10.3. The first kappa shape index (κ1) is 10.0. The van der Waals surface area contributed by atoms with E-state index in [1.54, 1.807) is 19.1 Å². The van der Waals surface area contributed by atoms with Crippen LogP contribution in [0.15, 0.2) is 12.2 Å². The summed E-state index contributed by atoms with van der Waals surface area (Å²) in [6.45, 7) is 2.49. The number of carbonyl (C=O) groups excluding carboxylic acids is 1. The van der Waals surface area contributed by atoms with Crippen LogP contribution in [0.3, 0.4) is 0 Å². The van der Waals surface area contributed by atoms with Crippen molar-refractivity contribution in [2.75, 3.05) is 13.2 Å². The molecule has 1 rings (SSSR count). The predicted molar refractivity (Wildman–Crippen MR) is 45.0 cm³/mol. The van der Waals surface area contributed by atoms with Gasteiger partial charge in [0.2, 0.25) is 0 Å². The van der Waals surface area contributed by atoms with Gasteiger partial charge < -0.3 is 19.9 Å². The highest BCUT2D eigenvalue weighted by Crippen LogP contribution is 2.04. The van der Waals surface area contributed by atoms with Crippen LogP contribution in [0.5, 0.6) is 0 Å². The molecule has 0 radical (unpaired) electrons. The monoisotopic (exact) mass is 187 g/mol. The molecular weight excluding hydrogens is 174 g/mol. The minimum absolute atomic E-state index is 0.264. The molecule has 0 aromatic heterocycles. The Kier molecular flexibility index (Phi) is 3.72. The molecule has 0 aromatic rings. The number of carbonyl (C=O) groups is 1. The Morgan fingerprint density at radius 3 is 3.08 bits per heavy atom. The summed E-state index contributed by atoms with van der Waals surface area (Å²) < 4.78 is 15.1. The van der Waals surface area contributed by atoms with E-state index >= 15 is 0 Å². The lowest BCUT2D eigenvalue weighted by Gasteiger charge is -2.19. The topological polar surface area (TPSA) is 70.8 Å². The lowest BCUT2D eigenvalue weighted by molar-refractivity contribution is -0.139. The molecule has 5 heteroatoms. The Bertz CT molecular complexity index is 204. The van der Waals surface area contributed by atoms with Gasteiger partial charge >= 0.3 is 6.09 Å². The first-order valence-corrected chi connectivity index (χ1v) is 4.04. The summed E-state index contributed by atoms with van der Waals surface area (Å²) >= 11 is 0. The van der Waals surface area contributed by atoms with Crippen LogP contribution in [-0.2, 0) is 14.2 Å². The third kappa shape index (κ3) is 3.91. The van der Waals surface area contributed by atoms with E-state index in [-0.39, 0.29) is 12.9 Å². The molecule has 1 heterocycles. The second-order valence-corrected chi connectivity index (χ2v) is 2.64. The molecule has 13 heavy (non-hydrogen) atoms. The molecule has 0 bridgehead atoms. The van der Waals surface area contributed by atoms with Crippen LogP contribution in [0.2, 0.25) is 0 Å². The van der Waals surface area contributed by atoms with Gasteiger partial charge in [0.25, 0.3) is 0 Å². The van der Waals surface area contributed by atoms with E-state index in [4.69, 9.17) is 19.9 Å². The third-order valence-corrected chi connectivity index (χ3v) is 1.54. The fourth-order valence-corrected chi connectivity index (χ4v) is 0.955. The maximum atomic E-state index is 10.4. The van der Waals surface area contributed by atoms with Crippen molar-refractivity contribution in [2.24, 2.45) is 5.73 Å². The highest BCUT2D eigenvalue weighted by Gasteiger charge is 2.13. The van der Waals surface area contributed by atoms with E-state index < -0.39 is 12.2 Å². The van der Waals surface area contributed by atoms with Gasteiger partial charge in [-0.3, -0.25) is 0 Å². The van der Waals surface area contributed by atoms with Crippen LogP contribution in [-0.4, -0.2) is 31.7 Å². The van der Waals surface area contributed by atoms with Crippen molar-refractivity contribution in [3.05, 3.63) is 12.2 Å². The van der Waals surface area contributed by atoms with Crippen molar-refractivity contribution < 1.29 is 19.0 Å². The number of nitrogens with two attached hydrogens (primary N) is 1. The first-order chi connectivity index (χ1) is 6.18. The standard InChI is InChI=1S/C8H13NO4/c1-6-11-4-2-3-7(5-12-6)13-8(9)10/h2-3,6-7H,4-5H2,1H3,(H2,9,10)/b3-2+. The van der Waals surface area contributed by atoms with Crippen molar-refractivity contribution in [3.8, 4) is 0 Å². The molecule has 0 aromatic carbocycles. The van der Waals surface area contributed by atoms with Gasteiger partial charge in [-0.2, -0.15) is 0 Å². The summed E-state index contributed by atoms with van der Waals surface area (Å²) in [4.78, 5) is 10.4. The Morgan fingerprint density at radius 2 is 2.38 bits per heavy atom. The normalized spacial score (nSPS) is 31.5. The van der Waals surface area contributed by atoms with Crippen LogP contribution in [0.25, 0.3) is 0 Å². The zero-order valence-electron chi connectivity index (χ0n) is 7.43. The summed E-state index contributed by atoms with van der Waals surface area (Å²) in [5.74, 6) is 0. The number of amides is 1. The number of rotatable bonds is 1. The van der Waals surface area contributed by atoms with Gasteiger partial charge in [-0.1, -0.05) is 6.08 Å². The second kappa shape index (κ2) is 4.84. The largest absolute Gasteiger partial charge is 0.440 e. The Hall–Kier alpha value is -1.07. The SMILES string of the molecule is CC1OC/C=C/C(OC(N)=O)CO1. The van der Waals surface area contributed by atoms with Gasteiger partial charge in [0.05, 0.1) is 13.2 Å². The molecule has 2 unspecified atom stereocenters. The molecule has 0 spiro atoms. The number of hydrogen-bond acceptors (Lipinski definition) is 4. The number of primary amides is 1. The number of ether oxygens (including phenoxy) is 3. The van der Waals surface area contributed by atoms with Crippen molar-refractivity contribution in [1.29, 1.82) is 0 Å². The molecule has 1 amide bonds. The minimum Gasteiger partial charge on any atom is -0.440 e. The summed E-state index contributed by atoms with van der Waals surface area (Å²) in [6.07, 6.45) is 1.96. The summed E-state index contributed by atoms with van der Waals surface area (Å²) in [5, 5.41) is 0. The lowest BCUT2D eigenvalue weighted by Crippen LogP contribution is -2.29. The fraction of sp³-hybridized carbons (Fsp3) is 0.625. The van der Waals surface area contributed by atoms with E-state index in [0.29, 0.717) is 6.61 Å². The van der Waals surface area contributed by atoms with Crippen LogP contribution < -0.4 is 5.73 Å². The second-order valence-electron chi connectivity index (χ2n) is 2.64. The van der Waals surface area contributed by atoms with Crippen molar-refractivity contribution in [1.82, 2.24) is 0 Å². The smallest absolute Gasteiger partial charge is 0.405 e. The van der Waals surface area contributed by atoms with Crippen LogP contribution >= 0.6 is 0 Å². The van der Waals surface area contributed by atoms with Gasteiger partial charge in [0.1, 0.15) is 6.10 Å². The average Bonchev–Trinajstić information content (AvgIpc) is 2.03. The average molecular weight is 187 g/mol. The Morgan fingerprint density at radius 1 is 1.62 bits per heavy atom. The van der Waals surface area contributed by atoms with E-state index in [1.165, 1.54) is 0 Å². The third-order valence-electron chi connectivity index (χ3n) is 1.54. The van der Waals surface area contributed by atoms with Crippen LogP contribution in [0.1, 0.15) is 6.92 Å². The van der Waals surface area contributed by atoms with Gasteiger partial charge in [0.15, 0.2) is 6.29 Å². The predicted octanol–water partition coefficient (Wildman–Crippen LogP) is 0.399. The Labute approximate surface area is 76.4 Å².